The summed E-state index contributed by atoms with van der Waals surface area (Å²) in [5.41, 5.74) is 3.71. The second-order valence-corrected chi connectivity index (χ2v) is 4.50. The van der Waals surface area contributed by atoms with Gasteiger partial charge in [-0.2, -0.15) is 0 Å². The van der Waals surface area contributed by atoms with Gasteiger partial charge in [-0.1, -0.05) is 0 Å². The summed E-state index contributed by atoms with van der Waals surface area (Å²) in [6.07, 6.45) is 1.78. The Balaban J connectivity index is 2.15. The van der Waals surface area contributed by atoms with Gasteiger partial charge >= 0.3 is 0 Å². The van der Waals surface area contributed by atoms with Crippen LogP contribution in [0.5, 0.6) is 11.5 Å². The van der Waals surface area contributed by atoms with E-state index >= 15 is 0 Å². The standard InChI is InChI=1S/C15H15N3O2/c1-9-6-10(4-5-16-9)15-17-11-7-13(19-2)14(20-3)8-12(11)18-15/h4-8H,1-3H3,(H,17,18). The van der Waals surface area contributed by atoms with Crippen molar-refractivity contribution in [2.75, 3.05) is 14.2 Å². The summed E-state index contributed by atoms with van der Waals surface area (Å²) in [7, 11) is 3.23. The van der Waals surface area contributed by atoms with Crippen LogP contribution in [0.15, 0.2) is 30.5 Å². The average molecular weight is 269 g/mol. The Morgan fingerprint density at radius 1 is 1.05 bits per heavy atom. The molecule has 3 rings (SSSR count). The molecule has 0 bridgehead atoms. The van der Waals surface area contributed by atoms with E-state index in [1.807, 2.05) is 31.2 Å². The molecule has 2 heterocycles. The van der Waals surface area contributed by atoms with Crippen LogP contribution in [-0.4, -0.2) is 29.2 Å². The topological polar surface area (TPSA) is 60.0 Å². The second-order valence-electron chi connectivity index (χ2n) is 4.50. The van der Waals surface area contributed by atoms with Crippen molar-refractivity contribution in [2.45, 2.75) is 6.92 Å². The van der Waals surface area contributed by atoms with E-state index < -0.39 is 0 Å². The summed E-state index contributed by atoms with van der Waals surface area (Å²) in [4.78, 5) is 12.1. The fourth-order valence-electron chi connectivity index (χ4n) is 2.17. The first-order valence-electron chi connectivity index (χ1n) is 6.26. The maximum Gasteiger partial charge on any atom is 0.163 e. The lowest BCUT2D eigenvalue weighted by Crippen LogP contribution is -1.89. The summed E-state index contributed by atoms with van der Waals surface area (Å²) in [5, 5.41) is 0. The number of fused-ring (bicyclic) bond motifs is 1. The molecular weight excluding hydrogens is 254 g/mol. The zero-order valence-electron chi connectivity index (χ0n) is 11.6. The first-order chi connectivity index (χ1) is 9.71. The molecule has 0 radical (unpaired) electrons. The molecule has 3 aromatic rings. The molecule has 0 aliphatic carbocycles. The molecule has 0 saturated carbocycles. The van der Waals surface area contributed by atoms with E-state index in [-0.39, 0.29) is 0 Å². The van der Waals surface area contributed by atoms with Gasteiger partial charge in [0.1, 0.15) is 5.82 Å². The van der Waals surface area contributed by atoms with Crippen molar-refractivity contribution in [2.24, 2.45) is 0 Å². The van der Waals surface area contributed by atoms with Crippen LogP contribution in [-0.2, 0) is 0 Å². The quantitative estimate of drug-likeness (QED) is 0.794. The highest BCUT2D eigenvalue weighted by Gasteiger charge is 2.11. The number of imidazole rings is 1. The van der Waals surface area contributed by atoms with Gasteiger partial charge in [-0.15, -0.1) is 0 Å². The zero-order valence-corrected chi connectivity index (χ0v) is 11.6. The molecule has 0 unspecified atom stereocenters. The number of H-pyrrole nitrogens is 1. The van der Waals surface area contributed by atoms with Gasteiger partial charge < -0.3 is 14.5 Å². The largest absolute Gasteiger partial charge is 0.493 e. The van der Waals surface area contributed by atoms with Crippen molar-refractivity contribution in [3.63, 3.8) is 0 Å². The van der Waals surface area contributed by atoms with E-state index in [0.29, 0.717) is 11.5 Å². The minimum atomic E-state index is 0.670. The molecule has 102 valence electrons. The summed E-state index contributed by atoms with van der Waals surface area (Å²) in [5.74, 6) is 2.16. The van der Waals surface area contributed by atoms with E-state index in [4.69, 9.17) is 9.47 Å². The maximum absolute atomic E-state index is 5.30. The second kappa shape index (κ2) is 4.85. The molecule has 0 fully saturated rings. The van der Waals surface area contributed by atoms with Gasteiger partial charge in [0.2, 0.25) is 0 Å². The number of nitrogens with zero attached hydrogens (tertiary/aromatic N) is 2. The number of aromatic nitrogens is 3. The van der Waals surface area contributed by atoms with Crippen LogP contribution in [0.25, 0.3) is 22.4 Å². The number of aromatic amines is 1. The van der Waals surface area contributed by atoms with Gasteiger partial charge in [0, 0.05) is 29.6 Å². The molecule has 0 atom stereocenters. The molecule has 1 N–H and O–H groups in total. The van der Waals surface area contributed by atoms with Crippen LogP contribution in [0.4, 0.5) is 0 Å². The van der Waals surface area contributed by atoms with E-state index in [0.717, 1.165) is 28.1 Å². The van der Waals surface area contributed by atoms with Crippen LogP contribution in [0, 0.1) is 6.92 Å². The van der Waals surface area contributed by atoms with Crippen molar-refractivity contribution < 1.29 is 9.47 Å². The molecule has 2 aromatic heterocycles. The van der Waals surface area contributed by atoms with Crippen LogP contribution in [0.2, 0.25) is 0 Å². The molecule has 20 heavy (non-hydrogen) atoms. The van der Waals surface area contributed by atoms with E-state index in [2.05, 4.69) is 15.0 Å². The number of nitrogens with one attached hydrogen (secondary N) is 1. The van der Waals surface area contributed by atoms with E-state index in [1.165, 1.54) is 0 Å². The SMILES string of the molecule is COc1cc2nc(-c3ccnc(C)c3)[nH]c2cc1OC. The first-order valence-corrected chi connectivity index (χ1v) is 6.26. The van der Waals surface area contributed by atoms with Gasteiger partial charge in [-0.3, -0.25) is 4.98 Å². The predicted octanol–water partition coefficient (Wildman–Crippen LogP) is 2.95. The number of hydrogen-bond donors (Lipinski definition) is 1. The molecule has 0 aliphatic rings. The third kappa shape index (κ3) is 2.07. The first kappa shape index (κ1) is 12.5. The minimum absolute atomic E-state index is 0.670. The molecule has 5 nitrogen and oxygen atoms in total. The summed E-state index contributed by atoms with van der Waals surface area (Å²) >= 11 is 0. The molecule has 0 spiro atoms. The number of hydrogen-bond acceptors (Lipinski definition) is 4. The average Bonchev–Trinajstić information content (AvgIpc) is 2.88. The Morgan fingerprint density at radius 3 is 2.50 bits per heavy atom. The van der Waals surface area contributed by atoms with Crippen molar-refractivity contribution in [3.8, 4) is 22.9 Å². The summed E-state index contributed by atoms with van der Waals surface area (Å²) in [6, 6.07) is 7.67. The lowest BCUT2D eigenvalue weighted by molar-refractivity contribution is 0.356. The third-order valence-electron chi connectivity index (χ3n) is 3.16. The Labute approximate surface area is 116 Å². The van der Waals surface area contributed by atoms with Gasteiger partial charge in [-0.05, 0) is 19.1 Å². The maximum atomic E-state index is 5.30. The fourth-order valence-corrected chi connectivity index (χ4v) is 2.17. The number of aryl methyl sites for hydroxylation is 1. The highest BCUT2D eigenvalue weighted by molar-refractivity contribution is 5.83. The summed E-state index contributed by atoms with van der Waals surface area (Å²) in [6.45, 7) is 1.96. The molecule has 0 aliphatic heterocycles. The number of methoxy groups -OCH3 is 2. The lowest BCUT2D eigenvalue weighted by Gasteiger charge is -2.06. The third-order valence-corrected chi connectivity index (χ3v) is 3.16. The van der Waals surface area contributed by atoms with Crippen molar-refractivity contribution in [1.29, 1.82) is 0 Å². The number of benzene rings is 1. The van der Waals surface area contributed by atoms with E-state index in [1.54, 1.807) is 20.4 Å². The van der Waals surface area contributed by atoms with Gasteiger partial charge in [-0.25, -0.2) is 4.98 Å². The highest BCUT2D eigenvalue weighted by atomic mass is 16.5. The van der Waals surface area contributed by atoms with Crippen molar-refractivity contribution in [3.05, 3.63) is 36.2 Å². The van der Waals surface area contributed by atoms with Crippen LogP contribution in [0.1, 0.15) is 5.69 Å². The predicted molar refractivity (Wildman–Crippen MR) is 77.2 cm³/mol. The zero-order chi connectivity index (χ0) is 14.1. The minimum Gasteiger partial charge on any atom is -0.493 e. The molecule has 1 aromatic carbocycles. The highest BCUT2D eigenvalue weighted by Crippen LogP contribution is 2.32. The van der Waals surface area contributed by atoms with Crippen LogP contribution in [0.3, 0.4) is 0 Å². The Morgan fingerprint density at radius 2 is 1.80 bits per heavy atom. The Bertz CT molecular complexity index is 724. The Kier molecular flexibility index (Phi) is 3.02. The summed E-state index contributed by atoms with van der Waals surface area (Å²) < 4.78 is 10.6. The normalized spacial score (nSPS) is 10.8. The molecule has 0 saturated heterocycles. The molecular formula is C15H15N3O2. The van der Waals surface area contributed by atoms with Crippen molar-refractivity contribution in [1.82, 2.24) is 15.0 Å². The number of ether oxygens (including phenoxy) is 2. The van der Waals surface area contributed by atoms with E-state index in [9.17, 15) is 0 Å². The van der Waals surface area contributed by atoms with Gasteiger partial charge in [0.25, 0.3) is 0 Å². The molecule has 0 amide bonds. The van der Waals surface area contributed by atoms with Crippen LogP contribution < -0.4 is 9.47 Å². The van der Waals surface area contributed by atoms with Crippen molar-refractivity contribution >= 4 is 11.0 Å². The van der Waals surface area contributed by atoms with Gasteiger partial charge in [0.05, 0.1) is 25.3 Å². The van der Waals surface area contributed by atoms with Crippen LogP contribution >= 0.6 is 0 Å². The van der Waals surface area contributed by atoms with Gasteiger partial charge in [0.15, 0.2) is 11.5 Å². The fraction of sp³-hybridized carbons (Fsp3) is 0.200. The molecule has 5 heteroatoms. The number of pyridine rings is 1. The number of rotatable bonds is 3. The smallest absolute Gasteiger partial charge is 0.163 e. The lowest BCUT2D eigenvalue weighted by atomic mass is 10.2. The Hall–Kier alpha value is -2.56. The monoisotopic (exact) mass is 269 g/mol.